The van der Waals surface area contributed by atoms with Crippen LogP contribution in [0.25, 0.3) is 0 Å². The van der Waals surface area contributed by atoms with Crippen molar-refractivity contribution in [2.45, 2.75) is 38.3 Å². The molecule has 3 N–H and O–H groups in total. The molecular weight excluding hydrogens is 272 g/mol. The molecule has 1 rings (SSSR count). The van der Waals surface area contributed by atoms with Gasteiger partial charge >= 0.3 is 0 Å². The SMILES string of the molecule is CCCC(CCO)CNc1cc(NCC)nc(SC)n1. The third kappa shape index (κ3) is 5.96. The molecule has 1 aromatic heterocycles. The Kier molecular flexibility index (Phi) is 8.37. The normalized spacial score (nSPS) is 12.2. The molecule has 0 saturated carbocycles. The van der Waals surface area contributed by atoms with Crippen molar-refractivity contribution in [3.8, 4) is 0 Å². The van der Waals surface area contributed by atoms with E-state index in [0.29, 0.717) is 5.92 Å². The summed E-state index contributed by atoms with van der Waals surface area (Å²) in [7, 11) is 0. The predicted octanol–water partition coefficient (Wildman–Crippen LogP) is 2.84. The van der Waals surface area contributed by atoms with Crippen molar-refractivity contribution >= 4 is 23.4 Å². The summed E-state index contributed by atoms with van der Waals surface area (Å²) in [6, 6.07) is 1.94. The Hall–Kier alpha value is -1.01. The second-order valence-corrected chi connectivity index (χ2v) is 5.48. The first-order valence-corrected chi connectivity index (χ1v) is 8.47. The van der Waals surface area contributed by atoms with Gasteiger partial charge in [-0.05, 0) is 31.9 Å². The number of hydrogen-bond donors (Lipinski definition) is 3. The van der Waals surface area contributed by atoms with Crippen LogP contribution >= 0.6 is 11.8 Å². The van der Waals surface area contributed by atoms with Gasteiger partial charge in [0.25, 0.3) is 0 Å². The van der Waals surface area contributed by atoms with Crippen LogP contribution in [0.5, 0.6) is 0 Å². The third-order valence-corrected chi connectivity index (χ3v) is 3.60. The highest BCUT2D eigenvalue weighted by Gasteiger charge is 2.09. The quantitative estimate of drug-likeness (QED) is 0.456. The highest BCUT2D eigenvalue weighted by molar-refractivity contribution is 7.98. The van der Waals surface area contributed by atoms with Crippen LogP contribution < -0.4 is 10.6 Å². The van der Waals surface area contributed by atoms with Crippen LogP contribution in [0.3, 0.4) is 0 Å². The predicted molar refractivity (Wildman–Crippen MR) is 86.6 cm³/mol. The lowest BCUT2D eigenvalue weighted by molar-refractivity contribution is 0.255. The fourth-order valence-corrected chi connectivity index (χ4v) is 2.45. The van der Waals surface area contributed by atoms with Crippen LogP contribution in [0.15, 0.2) is 11.2 Å². The average Bonchev–Trinajstić information content (AvgIpc) is 2.45. The molecule has 1 aromatic rings. The van der Waals surface area contributed by atoms with Crippen LogP contribution in [0, 0.1) is 5.92 Å². The largest absolute Gasteiger partial charge is 0.396 e. The minimum absolute atomic E-state index is 0.245. The number of aliphatic hydroxyl groups excluding tert-OH is 1. The fraction of sp³-hybridized carbons (Fsp3) is 0.714. The van der Waals surface area contributed by atoms with Gasteiger partial charge in [0.15, 0.2) is 5.16 Å². The van der Waals surface area contributed by atoms with E-state index in [4.69, 9.17) is 5.11 Å². The summed E-state index contributed by atoms with van der Waals surface area (Å²) < 4.78 is 0. The number of aliphatic hydroxyl groups is 1. The van der Waals surface area contributed by atoms with Crippen molar-refractivity contribution in [3.05, 3.63) is 6.07 Å². The molecule has 5 nitrogen and oxygen atoms in total. The molecule has 0 fully saturated rings. The van der Waals surface area contributed by atoms with Gasteiger partial charge in [-0.3, -0.25) is 0 Å². The molecule has 1 heterocycles. The van der Waals surface area contributed by atoms with Gasteiger partial charge in [0.1, 0.15) is 11.6 Å². The maximum absolute atomic E-state index is 9.09. The summed E-state index contributed by atoms with van der Waals surface area (Å²) in [5.74, 6) is 2.18. The van der Waals surface area contributed by atoms with E-state index >= 15 is 0 Å². The lowest BCUT2D eigenvalue weighted by Crippen LogP contribution is -2.17. The Balaban J connectivity index is 2.67. The molecule has 0 amide bonds. The highest BCUT2D eigenvalue weighted by atomic mass is 32.2. The number of rotatable bonds is 10. The first-order chi connectivity index (χ1) is 9.73. The second kappa shape index (κ2) is 9.83. The molecule has 1 unspecified atom stereocenters. The van der Waals surface area contributed by atoms with E-state index < -0.39 is 0 Å². The number of anilines is 2. The van der Waals surface area contributed by atoms with E-state index in [1.165, 1.54) is 11.8 Å². The first kappa shape index (κ1) is 17.0. The van der Waals surface area contributed by atoms with E-state index in [-0.39, 0.29) is 6.61 Å². The molecule has 0 radical (unpaired) electrons. The molecule has 0 aromatic carbocycles. The molecule has 0 aliphatic carbocycles. The molecule has 1 atom stereocenters. The van der Waals surface area contributed by atoms with Gasteiger partial charge in [0.05, 0.1) is 0 Å². The van der Waals surface area contributed by atoms with Crippen LogP contribution in [0.1, 0.15) is 33.1 Å². The smallest absolute Gasteiger partial charge is 0.191 e. The van der Waals surface area contributed by atoms with E-state index in [2.05, 4.69) is 27.5 Å². The molecule has 0 saturated heterocycles. The maximum atomic E-state index is 9.09. The van der Waals surface area contributed by atoms with Crippen LogP contribution in [0.2, 0.25) is 0 Å². The van der Waals surface area contributed by atoms with Crippen LogP contribution in [-0.2, 0) is 0 Å². The lowest BCUT2D eigenvalue weighted by atomic mass is 10.0. The van der Waals surface area contributed by atoms with Crippen molar-refractivity contribution < 1.29 is 5.11 Å². The van der Waals surface area contributed by atoms with Crippen LogP contribution in [0.4, 0.5) is 11.6 Å². The third-order valence-electron chi connectivity index (χ3n) is 3.05. The molecule has 0 bridgehead atoms. The number of hydrogen-bond acceptors (Lipinski definition) is 6. The van der Waals surface area contributed by atoms with Crippen molar-refractivity contribution in [2.75, 3.05) is 36.6 Å². The summed E-state index contributed by atoms with van der Waals surface area (Å²) in [6.45, 7) is 6.14. The highest BCUT2D eigenvalue weighted by Crippen LogP contribution is 2.18. The zero-order valence-electron chi connectivity index (χ0n) is 12.6. The van der Waals surface area contributed by atoms with Crippen molar-refractivity contribution in [1.29, 1.82) is 0 Å². The van der Waals surface area contributed by atoms with E-state index in [1.54, 1.807) is 0 Å². The summed E-state index contributed by atoms with van der Waals surface area (Å²) in [4.78, 5) is 8.87. The van der Waals surface area contributed by atoms with Crippen molar-refractivity contribution in [2.24, 2.45) is 5.92 Å². The zero-order chi connectivity index (χ0) is 14.8. The standard InChI is InChI=1S/C14H26N4OS/c1-4-6-11(7-8-19)10-16-13-9-12(15-5-2)17-14(18-13)20-3/h9,11,19H,4-8,10H2,1-3H3,(H2,15,16,17,18). The van der Waals surface area contributed by atoms with Gasteiger partial charge in [-0.2, -0.15) is 0 Å². The zero-order valence-corrected chi connectivity index (χ0v) is 13.5. The second-order valence-electron chi connectivity index (χ2n) is 4.70. The van der Waals surface area contributed by atoms with Gasteiger partial charge in [0.2, 0.25) is 0 Å². The number of nitrogens with one attached hydrogen (secondary N) is 2. The minimum atomic E-state index is 0.245. The Morgan fingerprint density at radius 2 is 1.90 bits per heavy atom. The molecule has 0 spiro atoms. The summed E-state index contributed by atoms with van der Waals surface area (Å²) >= 11 is 1.54. The van der Waals surface area contributed by atoms with Gasteiger partial charge in [-0.15, -0.1) is 0 Å². The average molecular weight is 298 g/mol. The van der Waals surface area contributed by atoms with Gasteiger partial charge in [0, 0.05) is 25.8 Å². The summed E-state index contributed by atoms with van der Waals surface area (Å²) in [6.07, 6.45) is 5.06. The molecule has 20 heavy (non-hydrogen) atoms. The Labute approximate surface area is 126 Å². The van der Waals surface area contributed by atoms with E-state index in [0.717, 1.165) is 49.1 Å². The maximum Gasteiger partial charge on any atom is 0.191 e. The molecule has 0 aliphatic rings. The van der Waals surface area contributed by atoms with E-state index in [1.807, 2.05) is 19.2 Å². The van der Waals surface area contributed by atoms with Gasteiger partial charge in [-0.25, -0.2) is 9.97 Å². The lowest BCUT2D eigenvalue weighted by Gasteiger charge is -2.16. The van der Waals surface area contributed by atoms with Crippen molar-refractivity contribution in [3.63, 3.8) is 0 Å². The first-order valence-electron chi connectivity index (χ1n) is 7.25. The van der Waals surface area contributed by atoms with Gasteiger partial charge in [-0.1, -0.05) is 25.1 Å². The number of thioether (sulfide) groups is 1. The summed E-state index contributed by atoms with van der Waals surface area (Å²) in [5, 5.41) is 16.4. The topological polar surface area (TPSA) is 70.1 Å². The van der Waals surface area contributed by atoms with Crippen LogP contribution in [-0.4, -0.2) is 41.0 Å². The van der Waals surface area contributed by atoms with E-state index in [9.17, 15) is 0 Å². The molecule has 6 heteroatoms. The Morgan fingerprint density at radius 3 is 2.45 bits per heavy atom. The molecule has 0 aliphatic heterocycles. The van der Waals surface area contributed by atoms with Crippen molar-refractivity contribution in [1.82, 2.24) is 9.97 Å². The number of nitrogens with zero attached hydrogens (tertiary/aromatic N) is 2. The minimum Gasteiger partial charge on any atom is -0.396 e. The molecular formula is C14H26N4OS. The monoisotopic (exact) mass is 298 g/mol. The fourth-order valence-electron chi connectivity index (χ4n) is 2.07. The molecule has 114 valence electrons. The Bertz CT molecular complexity index is 383. The number of aromatic nitrogens is 2. The Morgan fingerprint density at radius 1 is 1.20 bits per heavy atom. The summed E-state index contributed by atoms with van der Waals surface area (Å²) in [5.41, 5.74) is 0. The van der Waals surface area contributed by atoms with Gasteiger partial charge < -0.3 is 15.7 Å².